The molecule has 0 amide bonds. The topological polar surface area (TPSA) is 99.8 Å². The minimum Gasteiger partial charge on any atom is -0.491 e. The fourth-order valence-electron chi connectivity index (χ4n) is 5.76. The molecule has 0 saturated carbocycles. The molecule has 2 heterocycles. The fourth-order valence-corrected chi connectivity index (χ4v) is 5.92. The molecule has 2 fully saturated rings. The number of ether oxygens (including phenoxy) is 4. The third-order valence-electron chi connectivity index (χ3n) is 8.80. The minimum absolute atomic E-state index is 0. The molecule has 0 unspecified atom stereocenters. The Labute approximate surface area is 324 Å². The van der Waals surface area contributed by atoms with Crippen LogP contribution in [0.2, 0.25) is 0 Å². The van der Waals surface area contributed by atoms with E-state index in [1.54, 1.807) is 18.2 Å². The van der Waals surface area contributed by atoms with E-state index in [1.165, 1.54) is 0 Å². The van der Waals surface area contributed by atoms with E-state index in [2.05, 4.69) is 52.1 Å². The van der Waals surface area contributed by atoms with Crippen molar-refractivity contribution < 1.29 is 18.9 Å². The molecule has 2 aliphatic heterocycles. The van der Waals surface area contributed by atoms with Gasteiger partial charge in [-0.05, 0) is 101 Å². The molecule has 0 radical (unpaired) electrons. The molecular weight excluding hydrogens is 740 g/mol. The van der Waals surface area contributed by atoms with Gasteiger partial charge in [-0.25, -0.2) is 0 Å². The first-order valence-corrected chi connectivity index (χ1v) is 18.7. The number of nitriles is 2. The minimum atomic E-state index is -0.105. The van der Waals surface area contributed by atoms with E-state index < -0.39 is 0 Å². The maximum absolute atomic E-state index is 9.09. The molecule has 0 aromatic heterocycles. The second-order valence-electron chi connectivity index (χ2n) is 12.9. The van der Waals surface area contributed by atoms with Gasteiger partial charge in [0.05, 0.1) is 17.7 Å². The number of nitrogens with one attached hydrogen (secondary N) is 1. The van der Waals surface area contributed by atoms with Crippen molar-refractivity contribution in [1.29, 1.82) is 10.5 Å². The van der Waals surface area contributed by atoms with Gasteiger partial charge in [0.15, 0.2) is 0 Å². The van der Waals surface area contributed by atoms with Gasteiger partial charge in [0.2, 0.25) is 0 Å². The lowest BCUT2D eigenvalue weighted by Gasteiger charge is -2.39. The molecule has 1 N–H and O–H groups in total. The van der Waals surface area contributed by atoms with Crippen LogP contribution in [-0.2, 0) is 0 Å². The zero-order valence-corrected chi connectivity index (χ0v) is 32.5. The van der Waals surface area contributed by atoms with Crippen LogP contribution >= 0.6 is 28.3 Å². The third kappa shape index (κ3) is 14.4. The molecule has 4 aromatic carbocycles. The van der Waals surface area contributed by atoms with Crippen LogP contribution < -0.4 is 24.3 Å². The second kappa shape index (κ2) is 22.6. The quantitative estimate of drug-likeness (QED) is 0.151. The number of hydrogen-bond donors (Lipinski definition) is 1. The number of benzene rings is 4. The van der Waals surface area contributed by atoms with Gasteiger partial charge < -0.3 is 24.3 Å². The number of alkyl halides is 1. The summed E-state index contributed by atoms with van der Waals surface area (Å²) in [7, 11) is 0. The maximum Gasteiger partial charge on any atom is 0.137 e. The molecule has 10 heteroatoms. The van der Waals surface area contributed by atoms with E-state index in [0.29, 0.717) is 35.8 Å². The molecular formula is C42H50BrClN4O4. The summed E-state index contributed by atoms with van der Waals surface area (Å²) in [5.74, 6) is 3.24. The number of likely N-dealkylation sites (tertiary alicyclic amines) is 1. The van der Waals surface area contributed by atoms with Crippen LogP contribution in [0.1, 0.15) is 50.7 Å². The highest BCUT2D eigenvalue weighted by atomic mass is 79.9. The van der Waals surface area contributed by atoms with Crippen LogP contribution in [0, 0.1) is 22.7 Å². The molecule has 0 bridgehead atoms. The maximum atomic E-state index is 9.09. The van der Waals surface area contributed by atoms with Crippen LogP contribution in [0.15, 0.2) is 109 Å². The standard InChI is InChI=1S/C21H24N2O2.C12H17NO.C9H8BrNO.ClH/c1-21(25-19-8-3-2-4-9-19)11-13-23(14-12-21)15-16-24-20-10-6-5-7-18(20)17-22;1-12(7-9-13-10-8-12)14-11-5-3-2-4-6-11;10-5-6-12-9-4-2-1-3-8(9)7-11;/h2-10H,11-16H2,1H3;2-6,13H,7-10H2,1H3;1-4H,5-6H2;1H. The zero-order chi connectivity index (χ0) is 36.2. The highest BCUT2D eigenvalue weighted by Gasteiger charge is 2.32. The van der Waals surface area contributed by atoms with Crippen LogP contribution in [0.5, 0.6) is 23.0 Å². The Morgan fingerprint density at radius 2 is 1.06 bits per heavy atom. The SMILES string of the molecule is CC1(Oc2ccccc2)CCN(CCOc2ccccc2C#N)CC1.CC1(Oc2ccccc2)CCNCC1.Cl.N#Cc1ccccc1OCCBr. The number of para-hydroxylation sites is 4. The van der Waals surface area contributed by atoms with Crippen molar-refractivity contribution in [1.82, 2.24) is 10.2 Å². The van der Waals surface area contributed by atoms with Crippen molar-refractivity contribution in [2.24, 2.45) is 0 Å². The van der Waals surface area contributed by atoms with Crippen molar-refractivity contribution in [2.45, 2.75) is 50.7 Å². The van der Waals surface area contributed by atoms with Crippen LogP contribution in [-0.4, -0.2) is 67.4 Å². The highest BCUT2D eigenvalue weighted by Crippen LogP contribution is 2.29. The summed E-state index contributed by atoms with van der Waals surface area (Å²) in [6.45, 7) is 10.5. The number of rotatable bonds is 11. The molecule has 8 nitrogen and oxygen atoms in total. The van der Waals surface area contributed by atoms with Crippen LogP contribution in [0.3, 0.4) is 0 Å². The van der Waals surface area contributed by atoms with E-state index in [9.17, 15) is 0 Å². The van der Waals surface area contributed by atoms with E-state index in [-0.39, 0.29) is 23.6 Å². The Morgan fingerprint density at radius 1 is 0.635 bits per heavy atom. The summed E-state index contributed by atoms with van der Waals surface area (Å²) in [6, 6.07) is 38.9. The lowest BCUT2D eigenvalue weighted by Crippen LogP contribution is -2.47. The largest absolute Gasteiger partial charge is 0.491 e. The Kier molecular flexibility index (Phi) is 18.4. The van der Waals surface area contributed by atoms with Gasteiger partial charge in [0.25, 0.3) is 0 Å². The summed E-state index contributed by atoms with van der Waals surface area (Å²) in [5.41, 5.74) is 1.09. The third-order valence-corrected chi connectivity index (χ3v) is 9.13. The van der Waals surface area contributed by atoms with E-state index in [1.807, 2.05) is 91.0 Å². The number of halogens is 2. The molecule has 6 rings (SSSR count). The highest BCUT2D eigenvalue weighted by molar-refractivity contribution is 9.09. The van der Waals surface area contributed by atoms with Crippen LogP contribution in [0.4, 0.5) is 0 Å². The van der Waals surface area contributed by atoms with E-state index in [4.69, 9.17) is 29.5 Å². The Morgan fingerprint density at radius 3 is 1.52 bits per heavy atom. The van der Waals surface area contributed by atoms with Gasteiger partial charge in [-0.2, -0.15) is 10.5 Å². The monoisotopic (exact) mass is 788 g/mol. The Balaban J connectivity index is 0.000000229. The molecule has 0 aliphatic carbocycles. The second-order valence-corrected chi connectivity index (χ2v) is 13.7. The molecule has 0 atom stereocenters. The smallest absolute Gasteiger partial charge is 0.137 e. The summed E-state index contributed by atoms with van der Waals surface area (Å²) in [4.78, 5) is 2.39. The van der Waals surface area contributed by atoms with Gasteiger partial charge in [-0.1, -0.05) is 76.6 Å². The van der Waals surface area contributed by atoms with Crippen molar-refractivity contribution in [3.05, 3.63) is 120 Å². The van der Waals surface area contributed by atoms with Gasteiger partial charge >= 0.3 is 0 Å². The summed E-state index contributed by atoms with van der Waals surface area (Å²) in [6.07, 6.45) is 4.16. The first-order valence-electron chi connectivity index (χ1n) is 17.6. The zero-order valence-electron chi connectivity index (χ0n) is 30.1. The van der Waals surface area contributed by atoms with Gasteiger partial charge in [0, 0.05) is 25.0 Å². The summed E-state index contributed by atoms with van der Waals surface area (Å²) in [5, 5.41) is 21.9. The molecule has 2 saturated heterocycles. The predicted molar refractivity (Wildman–Crippen MR) is 213 cm³/mol. The first kappa shape index (κ1) is 42.2. The average Bonchev–Trinajstić information content (AvgIpc) is 3.16. The molecule has 276 valence electrons. The number of nitrogens with zero attached hydrogens (tertiary/aromatic N) is 3. The molecule has 52 heavy (non-hydrogen) atoms. The van der Waals surface area contributed by atoms with Crippen molar-refractivity contribution in [2.75, 3.05) is 51.3 Å². The van der Waals surface area contributed by atoms with Crippen molar-refractivity contribution in [3.63, 3.8) is 0 Å². The molecule has 0 spiro atoms. The predicted octanol–water partition coefficient (Wildman–Crippen LogP) is 8.83. The van der Waals surface area contributed by atoms with Crippen molar-refractivity contribution >= 4 is 28.3 Å². The summed E-state index contributed by atoms with van der Waals surface area (Å²) < 4.78 is 23.3. The van der Waals surface area contributed by atoms with Gasteiger partial charge in [-0.15, -0.1) is 12.4 Å². The van der Waals surface area contributed by atoms with Crippen LogP contribution in [0.25, 0.3) is 0 Å². The number of piperidine rings is 2. The lowest BCUT2D eigenvalue weighted by molar-refractivity contribution is 0.0135. The van der Waals surface area contributed by atoms with E-state index >= 15 is 0 Å². The number of hydrogen-bond acceptors (Lipinski definition) is 8. The fraction of sp³-hybridized carbons (Fsp3) is 0.381. The van der Waals surface area contributed by atoms with Gasteiger partial charge in [-0.3, -0.25) is 4.90 Å². The Hall–Kier alpha value is -4.25. The van der Waals surface area contributed by atoms with E-state index in [0.717, 1.165) is 75.2 Å². The molecule has 2 aliphatic rings. The first-order chi connectivity index (χ1) is 24.8. The van der Waals surface area contributed by atoms with Crippen molar-refractivity contribution in [3.8, 4) is 35.1 Å². The average molecular weight is 790 g/mol. The molecule has 4 aromatic rings. The van der Waals surface area contributed by atoms with Gasteiger partial charge in [0.1, 0.15) is 52.9 Å². The normalized spacial score (nSPS) is 15.6. The lowest BCUT2D eigenvalue weighted by atomic mass is 9.93. The Bertz CT molecular complexity index is 1670. The summed E-state index contributed by atoms with van der Waals surface area (Å²) >= 11 is 3.25.